The number of nitrogens with one attached hydrogen (secondary N) is 2. The lowest BCUT2D eigenvalue weighted by molar-refractivity contribution is -0.115. The van der Waals surface area contributed by atoms with Crippen molar-refractivity contribution in [3.8, 4) is 5.69 Å². The summed E-state index contributed by atoms with van der Waals surface area (Å²) in [6.45, 7) is 0.270. The SMILES string of the molecule is CNCC(=O)Nc1ccccc1-n1ccnn1. The van der Waals surface area contributed by atoms with E-state index in [0.29, 0.717) is 5.69 Å². The summed E-state index contributed by atoms with van der Waals surface area (Å²) < 4.78 is 1.61. The number of likely N-dealkylation sites (N-methyl/N-ethyl adjacent to an activating group) is 1. The van der Waals surface area contributed by atoms with Crippen molar-refractivity contribution in [1.29, 1.82) is 0 Å². The zero-order chi connectivity index (χ0) is 12.1. The van der Waals surface area contributed by atoms with Gasteiger partial charge in [-0.2, -0.15) is 0 Å². The zero-order valence-corrected chi connectivity index (χ0v) is 9.42. The molecule has 1 amide bonds. The van der Waals surface area contributed by atoms with Crippen molar-refractivity contribution in [2.24, 2.45) is 0 Å². The van der Waals surface area contributed by atoms with Crippen molar-refractivity contribution < 1.29 is 4.79 Å². The number of benzene rings is 1. The van der Waals surface area contributed by atoms with E-state index in [2.05, 4.69) is 20.9 Å². The first-order valence-corrected chi connectivity index (χ1v) is 5.21. The predicted molar refractivity (Wildman–Crippen MR) is 63.9 cm³/mol. The molecule has 2 N–H and O–H groups in total. The molecule has 6 heteroatoms. The summed E-state index contributed by atoms with van der Waals surface area (Å²) in [5.74, 6) is -0.0972. The molecule has 0 aliphatic heterocycles. The number of rotatable bonds is 4. The Morgan fingerprint density at radius 3 is 2.94 bits per heavy atom. The van der Waals surface area contributed by atoms with Crippen LogP contribution in [0.15, 0.2) is 36.7 Å². The molecule has 0 atom stereocenters. The van der Waals surface area contributed by atoms with Gasteiger partial charge < -0.3 is 10.6 Å². The van der Waals surface area contributed by atoms with Crippen molar-refractivity contribution in [3.05, 3.63) is 36.7 Å². The highest BCUT2D eigenvalue weighted by atomic mass is 16.1. The van der Waals surface area contributed by atoms with Gasteiger partial charge in [-0.05, 0) is 19.2 Å². The Labute approximate surface area is 98.6 Å². The first-order chi connectivity index (χ1) is 8.31. The second-order valence-electron chi connectivity index (χ2n) is 3.44. The summed E-state index contributed by atoms with van der Waals surface area (Å²) in [6.07, 6.45) is 3.31. The number of aromatic nitrogens is 3. The molecule has 0 fully saturated rings. The van der Waals surface area contributed by atoms with E-state index in [0.717, 1.165) is 5.69 Å². The molecule has 1 heterocycles. The quantitative estimate of drug-likeness (QED) is 0.800. The highest BCUT2D eigenvalue weighted by Crippen LogP contribution is 2.18. The van der Waals surface area contributed by atoms with Crippen LogP contribution < -0.4 is 10.6 Å². The van der Waals surface area contributed by atoms with Gasteiger partial charge in [0.05, 0.1) is 30.3 Å². The number of para-hydroxylation sites is 2. The molecule has 2 rings (SSSR count). The van der Waals surface area contributed by atoms with Gasteiger partial charge in [0.15, 0.2) is 0 Å². The van der Waals surface area contributed by atoms with Gasteiger partial charge in [0.1, 0.15) is 0 Å². The Balaban J connectivity index is 2.25. The van der Waals surface area contributed by atoms with Crippen molar-refractivity contribution in [1.82, 2.24) is 20.3 Å². The second kappa shape index (κ2) is 5.22. The van der Waals surface area contributed by atoms with Crippen LogP contribution in [0.3, 0.4) is 0 Å². The number of hydrogen-bond donors (Lipinski definition) is 2. The first-order valence-electron chi connectivity index (χ1n) is 5.21. The van der Waals surface area contributed by atoms with Gasteiger partial charge in [-0.25, -0.2) is 4.68 Å². The van der Waals surface area contributed by atoms with E-state index in [1.165, 1.54) is 0 Å². The lowest BCUT2D eigenvalue weighted by atomic mass is 10.2. The normalized spacial score (nSPS) is 10.2. The third kappa shape index (κ3) is 2.67. The maximum atomic E-state index is 11.5. The predicted octanol–water partition coefficient (Wildman–Crippen LogP) is 0.425. The number of amides is 1. The van der Waals surface area contributed by atoms with Crippen LogP contribution in [0.25, 0.3) is 5.69 Å². The van der Waals surface area contributed by atoms with Crippen molar-refractivity contribution in [2.75, 3.05) is 18.9 Å². The molecule has 0 unspecified atom stereocenters. The highest BCUT2D eigenvalue weighted by molar-refractivity contribution is 5.94. The monoisotopic (exact) mass is 231 g/mol. The minimum absolute atomic E-state index is 0.0972. The summed E-state index contributed by atoms with van der Waals surface area (Å²) in [5, 5.41) is 13.2. The molecule has 1 aromatic heterocycles. The van der Waals surface area contributed by atoms with Crippen LogP contribution in [-0.4, -0.2) is 34.5 Å². The molecule has 2 aromatic rings. The molecule has 0 bridgehead atoms. The van der Waals surface area contributed by atoms with Crippen LogP contribution in [0.2, 0.25) is 0 Å². The molecule has 0 aliphatic rings. The summed E-state index contributed by atoms with van der Waals surface area (Å²) in [7, 11) is 1.73. The molecule has 0 saturated carbocycles. The summed E-state index contributed by atoms with van der Waals surface area (Å²) >= 11 is 0. The number of hydrogen-bond acceptors (Lipinski definition) is 4. The van der Waals surface area contributed by atoms with Crippen LogP contribution in [0.4, 0.5) is 5.69 Å². The molecular formula is C11H13N5O. The first kappa shape index (κ1) is 11.3. The van der Waals surface area contributed by atoms with E-state index < -0.39 is 0 Å². The maximum absolute atomic E-state index is 11.5. The van der Waals surface area contributed by atoms with Crippen molar-refractivity contribution in [3.63, 3.8) is 0 Å². The smallest absolute Gasteiger partial charge is 0.238 e. The summed E-state index contributed by atoms with van der Waals surface area (Å²) in [6, 6.07) is 7.42. The fourth-order valence-corrected chi connectivity index (χ4v) is 1.47. The van der Waals surface area contributed by atoms with Crippen LogP contribution in [0, 0.1) is 0 Å². The number of carbonyl (C=O) groups excluding carboxylic acids is 1. The van der Waals surface area contributed by atoms with Gasteiger partial charge in [-0.1, -0.05) is 17.3 Å². The Bertz CT molecular complexity index is 494. The molecule has 6 nitrogen and oxygen atoms in total. The van der Waals surface area contributed by atoms with E-state index >= 15 is 0 Å². The van der Waals surface area contributed by atoms with E-state index in [1.807, 2.05) is 24.3 Å². The van der Waals surface area contributed by atoms with E-state index in [-0.39, 0.29) is 12.5 Å². The molecule has 0 aliphatic carbocycles. The average Bonchev–Trinajstić information content (AvgIpc) is 2.83. The highest BCUT2D eigenvalue weighted by Gasteiger charge is 2.07. The minimum atomic E-state index is -0.0972. The van der Waals surface area contributed by atoms with Crippen molar-refractivity contribution >= 4 is 11.6 Å². The van der Waals surface area contributed by atoms with Crippen LogP contribution in [0.5, 0.6) is 0 Å². The van der Waals surface area contributed by atoms with Gasteiger partial charge in [-0.15, -0.1) is 5.10 Å². The van der Waals surface area contributed by atoms with E-state index in [1.54, 1.807) is 24.1 Å². The third-order valence-corrected chi connectivity index (χ3v) is 2.18. The molecule has 1 aromatic carbocycles. The van der Waals surface area contributed by atoms with Gasteiger partial charge >= 0.3 is 0 Å². The van der Waals surface area contributed by atoms with Gasteiger partial charge in [0.25, 0.3) is 0 Å². The largest absolute Gasteiger partial charge is 0.323 e. The number of nitrogens with zero attached hydrogens (tertiary/aromatic N) is 3. The molecule has 0 saturated heterocycles. The Morgan fingerprint density at radius 2 is 2.24 bits per heavy atom. The van der Waals surface area contributed by atoms with E-state index in [4.69, 9.17) is 0 Å². The fraction of sp³-hybridized carbons (Fsp3) is 0.182. The molecule has 0 spiro atoms. The van der Waals surface area contributed by atoms with Gasteiger partial charge in [0, 0.05) is 0 Å². The summed E-state index contributed by atoms with van der Waals surface area (Å²) in [5.41, 5.74) is 1.49. The molecule has 17 heavy (non-hydrogen) atoms. The fourth-order valence-electron chi connectivity index (χ4n) is 1.47. The van der Waals surface area contributed by atoms with Crippen molar-refractivity contribution in [2.45, 2.75) is 0 Å². The molecular weight excluding hydrogens is 218 g/mol. The summed E-state index contributed by atoms with van der Waals surface area (Å²) in [4.78, 5) is 11.5. The van der Waals surface area contributed by atoms with Gasteiger partial charge in [0.2, 0.25) is 5.91 Å². The lowest BCUT2D eigenvalue weighted by Crippen LogP contribution is -2.25. The lowest BCUT2D eigenvalue weighted by Gasteiger charge is -2.10. The minimum Gasteiger partial charge on any atom is -0.323 e. The molecule has 0 radical (unpaired) electrons. The van der Waals surface area contributed by atoms with Crippen LogP contribution in [0.1, 0.15) is 0 Å². The van der Waals surface area contributed by atoms with Crippen LogP contribution >= 0.6 is 0 Å². The van der Waals surface area contributed by atoms with Crippen LogP contribution in [-0.2, 0) is 4.79 Å². The Morgan fingerprint density at radius 1 is 1.41 bits per heavy atom. The van der Waals surface area contributed by atoms with E-state index in [9.17, 15) is 4.79 Å². The zero-order valence-electron chi connectivity index (χ0n) is 9.42. The molecule has 88 valence electrons. The standard InChI is InChI=1S/C11H13N5O/c1-12-8-11(17)14-9-4-2-3-5-10(9)16-7-6-13-15-16/h2-7,12H,8H2,1H3,(H,14,17). The number of anilines is 1. The third-order valence-electron chi connectivity index (χ3n) is 2.18. The Hall–Kier alpha value is -2.21. The maximum Gasteiger partial charge on any atom is 0.238 e. The Kier molecular flexibility index (Phi) is 3.46. The average molecular weight is 231 g/mol. The second-order valence-corrected chi connectivity index (χ2v) is 3.44. The topological polar surface area (TPSA) is 71.8 Å². The number of carbonyl (C=O) groups is 1. The van der Waals surface area contributed by atoms with Gasteiger partial charge in [-0.3, -0.25) is 4.79 Å².